The van der Waals surface area contributed by atoms with Crippen LogP contribution in [0.25, 0.3) is 11.3 Å². The van der Waals surface area contributed by atoms with E-state index in [9.17, 15) is 4.79 Å². The van der Waals surface area contributed by atoms with Crippen LogP contribution >= 0.6 is 0 Å². The Morgan fingerprint density at radius 3 is 2.71 bits per heavy atom. The molecule has 0 radical (unpaired) electrons. The fourth-order valence-corrected chi connectivity index (χ4v) is 1.60. The van der Waals surface area contributed by atoms with Crippen LogP contribution in [0.3, 0.4) is 0 Å². The lowest BCUT2D eigenvalue weighted by Gasteiger charge is -2.05. The van der Waals surface area contributed by atoms with Crippen molar-refractivity contribution in [3.05, 3.63) is 51.6 Å². The Morgan fingerprint density at radius 2 is 2.12 bits per heavy atom. The normalized spacial score (nSPS) is 9.94. The first-order chi connectivity index (χ1) is 8.11. The Hall–Kier alpha value is -2.41. The van der Waals surface area contributed by atoms with E-state index in [2.05, 4.69) is 9.97 Å². The summed E-state index contributed by atoms with van der Waals surface area (Å²) in [6, 6.07) is 7.26. The number of nitriles is 1. The lowest BCUT2D eigenvalue weighted by Crippen LogP contribution is -2.12. The van der Waals surface area contributed by atoms with Crippen molar-refractivity contribution in [2.24, 2.45) is 0 Å². The van der Waals surface area contributed by atoms with Crippen molar-refractivity contribution in [3.63, 3.8) is 0 Å². The number of nitrogens with one attached hydrogen (secondary N) is 1. The zero-order valence-electron chi connectivity index (χ0n) is 9.61. The van der Waals surface area contributed by atoms with Gasteiger partial charge in [0.1, 0.15) is 11.6 Å². The van der Waals surface area contributed by atoms with E-state index >= 15 is 0 Å². The molecular weight excluding hydrogens is 214 g/mol. The zero-order valence-corrected chi connectivity index (χ0v) is 9.61. The van der Waals surface area contributed by atoms with Gasteiger partial charge in [0, 0.05) is 17.5 Å². The molecule has 0 aliphatic carbocycles. The van der Waals surface area contributed by atoms with E-state index in [1.165, 1.54) is 0 Å². The summed E-state index contributed by atoms with van der Waals surface area (Å²) in [6.45, 7) is 3.75. The number of aryl methyl sites for hydroxylation is 2. The van der Waals surface area contributed by atoms with Crippen molar-refractivity contribution in [3.8, 4) is 17.3 Å². The highest BCUT2D eigenvalue weighted by atomic mass is 16.1. The van der Waals surface area contributed by atoms with Crippen LogP contribution in [0.5, 0.6) is 0 Å². The van der Waals surface area contributed by atoms with E-state index in [1.54, 1.807) is 19.2 Å². The van der Waals surface area contributed by atoms with Gasteiger partial charge in [-0.2, -0.15) is 5.26 Å². The van der Waals surface area contributed by atoms with Crippen LogP contribution in [0, 0.1) is 25.2 Å². The summed E-state index contributed by atoms with van der Waals surface area (Å²) >= 11 is 0. The monoisotopic (exact) mass is 225 g/mol. The Morgan fingerprint density at radius 1 is 1.35 bits per heavy atom. The predicted molar refractivity (Wildman–Crippen MR) is 64.5 cm³/mol. The van der Waals surface area contributed by atoms with Crippen molar-refractivity contribution in [2.75, 3.05) is 0 Å². The van der Waals surface area contributed by atoms with Gasteiger partial charge in [0.25, 0.3) is 5.56 Å². The van der Waals surface area contributed by atoms with Crippen LogP contribution in [0.15, 0.2) is 29.2 Å². The molecular formula is C13H11N3O. The smallest absolute Gasteiger partial charge is 0.266 e. The van der Waals surface area contributed by atoms with E-state index in [0.29, 0.717) is 5.69 Å². The molecule has 0 atom stereocenters. The average molecular weight is 225 g/mol. The Balaban J connectivity index is 2.64. The molecule has 17 heavy (non-hydrogen) atoms. The van der Waals surface area contributed by atoms with Crippen LogP contribution in [-0.2, 0) is 0 Å². The van der Waals surface area contributed by atoms with Gasteiger partial charge in [0.15, 0.2) is 0 Å². The number of nitrogens with zero attached hydrogens (tertiary/aromatic N) is 2. The van der Waals surface area contributed by atoms with Crippen molar-refractivity contribution in [2.45, 2.75) is 13.8 Å². The fraction of sp³-hybridized carbons (Fsp3) is 0.154. The number of aromatic amines is 1. The van der Waals surface area contributed by atoms with Gasteiger partial charge >= 0.3 is 0 Å². The lowest BCUT2D eigenvalue weighted by atomic mass is 10.1. The molecule has 0 spiro atoms. The van der Waals surface area contributed by atoms with E-state index in [0.717, 1.165) is 16.8 Å². The number of rotatable bonds is 1. The van der Waals surface area contributed by atoms with Crippen molar-refractivity contribution in [1.29, 1.82) is 5.26 Å². The first kappa shape index (κ1) is 11.1. The fourth-order valence-electron chi connectivity index (χ4n) is 1.60. The summed E-state index contributed by atoms with van der Waals surface area (Å²) in [7, 11) is 0. The molecule has 0 bridgehead atoms. The molecule has 1 N–H and O–H groups in total. The third-order valence-electron chi connectivity index (χ3n) is 2.55. The quantitative estimate of drug-likeness (QED) is 0.806. The second kappa shape index (κ2) is 4.22. The van der Waals surface area contributed by atoms with Crippen molar-refractivity contribution in [1.82, 2.24) is 9.97 Å². The second-order valence-corrected chi connectivity index (χ2v) is 3.88. The topological polar surface area (TPSA) is 69.5 Å². The Kier molecular flexibility index (Phi) is 2.75. The third-order valence-corrected chi connectivity index (χ3v) is 2.55. The number of hydrogen-bond acceptors (Lipinski definition) is 3. The van der Waals surface area contributed by atoms with E-state index in [4.69, 9.17) is 5.26 Å². The second-order valence-electron chi connectivity index (χ2n) is 3.88. The van der Waals surface area contributed by atoms with Gasteiger partial charge < -0.3 is 4.98 Å². The summed E-state index contributed by atoms with van der Waals surface area (Å²) in [5.74, 6) is 0. The Labute approximate surface area is 98.6 Å². The highest BCUT2D eigenvalue weighted by molar-refractivity contribution is 5.63. The molecule has 2 heterocycles. The molecule has 0 aliphatic heterocycles. The molecule has 2 aromatic heterocycles. The Bertz CT molecular complexity index is 648. The SMILES string of the molecule is Cc1ccc(-c2cc(C#N)c(=O)[nH]c2C)nc1. The van der Waals surface area contributed by atoms with Gasteiger partial charge in [0.05, 0.1) is 5.69 Å². The number of aromatic nitrogens is 2. The molecule has 0 aliphatic rings. The first-order valence-electron chi connectivity index (χ1n) is 5.19. The number of hydrogen-bond donors (Lipinski definition) is 1. The van der Waals surface area contributed by atoms with Crippen LogP contribution in [0.1, 0.15) is 16.8 Å². The minimum absolute atomic E-state index is 0.105. The maximum absolute atomic E-state index is 11.4. The van der Waals surface area contributed by atoms with Gasteiger partial charge in [-0.15, -0.1) is 0 Å². The maximum atomic E-state index is 11.4. The molecule has 2 rings (SSSR count). The average Bonchev–Trinajstić information content (AvgIpc) is 2.31. The summed E-state index contributed by atoms with van der Waals surface area (Å²) in [6.07, 6.45) is 1.76. The van der Waals surface area contributed by atoms with E-state index < -0.39 is 0 Å². The lowest BCUT2D eigenvalue weighted by molar-refractivity contribution is 1.12. The highest BCUT2D eigenvalue weighted by Crippen LogP contribution is 2.19. The summed E-state index contributed by atoms with van der Waals surface area (Å²) < 4.78 is 0. The largest absolute Gasteiger partial charge is 0.325 e. The highest BCUT2D eigenvalue weighted by Gasteiger charge is 2.08. The molecule has 0 unspecified atom stereocenters. The minimum Gasteiger partial charge on any atom is -0.325 e. The summed E-state index contributed by atoms with van der Waals surface area (Å²) in [5.41, 5.74) is 3.05. The van der Waals surface area contributed by atoms with Crippen LogP contribution in [-0.4, -0.2) is 9.97 Å². The van der Waals surface area contributed by atoms with Gasteiger partial charge in [-0.1, -0.05) is 6.07 Å². The standard InChI is InChI=1S/C13H11N3O/c1-8-3-4-12(15-7-8)11-5-10(6-14)13(17)16-9(11)2/h3-5,7H,1-2H3,(H,16,17). The molecule has 84 valence electrons. The molecule has 0 fully saturated rings. The molecule has 0 saturated carbocycles. The van der Waals surface area contributed by atoms with Crippen molar-refractivity contribution < 1.29 is 0 Å². The maximum Gasteiger partial charge on any atom is 0.266 e. The van der Waals surface area contributed by atoms with Gasteiger partial charge in [-0.25, -0.2) is 0 Å². The summed E-state index contributed by atoms with van der Waals surface area (Å²) in [5, 5.41) is 8.83. The molecule has 0 aromatic carbocycles. The summed E-state index contributed by atoms with van der Waals surface area (Å²) in [4.78, 5) is 18.3. The van der Waals surface area contributed by atoms with E-state index in [-0.39, 0.29) is 11.1 Å². The predicted octanol–water partition coefficient (Wildman–Crippen LogP) is 1.93. The third kappa shape index (κ3) is 2.08. The molecule has 0 saturated heterocycles. The minimum atomic E-state index is -0.360. The zero-order chi connectivity index (χ0) is 12.4. The van der Waals surface area contributed by atoms with Crippen molar-refractivity contribution >= 4 is 0 Å². The molecule has 4 nitrogen and oxygen atoms in total. The number of H-pyrrole nitrogens is 1. The van der Waals surface area contributed by atoms with Gasteiger partial charge in [-0.3, -0.25) is 9.78 Å². The van der Waals surface area contributed by atoms with Crippen LogP contribution < -0.4 is 5.56 Å². The number of pyridine rings is 2. The van der Waals surface area contributed by atoms with Crippen LogP contribution in [0.2, 0.25) is 0 Å². The molecule has 4 heteroatoms. The van der Waals surface area contributed by atoms with Gasteiger partial charge in [0.2, 0.25) is 0 Å². The first-order valence-corrected chi connectivity index (χ1v) is 5.19. The van der Waals surface area contributed by atoms with E-state index in [1.807, 2.05) is 25.1 Å². The van der Waals surface area contributed by atoms with Crippen LogP contribution in [0.4, 0.5) is 0 Å². The van der Waals surface area contributed by atoms with Gasteiger partial charge in [-0.05, 0) is 31.5 Å². The molecule has 2 aromatic rings. The molecule has 0 amide bonds.